The molecular weight excluding hydrogens is 418 g/mol. The van der Waals surface area contributed by atoms with Gasteiger partial charge in [0.1, 0.15) is 0 Å². The molecule has 31 heavy (non-hydrogen) atoms. The molecule has 8 heteroatoms. The maximum absolute atomic E-state index is 13.4. The molecule has 0 atom stereocenters. The van der Waals surface area contributed by atoms with E-state index >= 15 is 0 Å². The van der Waals surface area contributed by atoms with Crippen LogP contribution in [0.1, 0.15) is 38.5 Å². The van der Waals surface area contributed by atoms with E-state index in [1.807, 2.05) is 0 Å². The van der Waals surface area contributed by atoms with Crippen LogP contribution in [0.2, 0.25) is 5.02 Å². The average molecular weight is 438 g/mol. The molecule has 1 aliphatic heterocycles. The Morgan fingerprint density at radius 3 is 2.58 bits per heavy atom. The molecule has 0 saturated carbocycles. The van der Waals surface area contributed by atoms with Gasteiger partial charge in [-0.1, -0.05) is 17.7 Å². The van der Waals surface area contributed by atoms with Crippen LogP contribution in [-0.2, 0) is 11.2 Å². The Morgan fingerprint density at radius 2 is 1.87 bits per heavy atom. The lowest BCUT2D eigenvalue weighted by atomic mass is 9.96. The average Bonchev–Trinajstić information content (AvgIpc) is 2.78. The monoisotopic (exact) mass is 437 g/mol. The molecule has 1 aliphatic rings. The molecule has 158 valence electrons. The first-order valence-corrected chi connectivity index (χ1v) is 10.2. The summed E-state index contributed by atoms with van der Waals surface area (Å²) in [7, 11) is 1.32. The van der Waals surface area contributed by atoms with Gasteiger partial charge in [-0.2, -0.15) is 5.10 Å². The Morgan fingerprint density at radius 1 is 1.13 bits per heavy atom. The quantitative estimate of drug-likeness (QED) is 0.585. The molecule has 7 nitrogen and oxygen atoms in total. The van der Waals surface area contributed by atoms with Crippen LogP contribution < -0.4 is 10.3 Å². The zero-order valence-corrected chi connectivity index (χ0v) is 17.8. The zero-order valence-electron chi connectivity index (χ0n) is 17.1. The molecular formula is C23H20ClN3O4. The van der Waals surface area contributed by atoms with E-state index in [1.165, 1.54) is 18.1 Å². The van der Waals surface area contributed by atoms with Crippen LogP contribution in [0.5, 0.6) is 0 Å². The highest BCUT2D eigenvalue weighted by atomic mass is 35.5. The number of carbonyl (C=O) groups is 2. The second-order valence-corrected chi connectivity index (χ2v) is 7.68. The molecule has 1 aromatic heterocycles. The lowest BCUT2D eigenvalue weighted by Crippen LogP contribution is -2.39. The number of aryl methyl sites for hydroxylation is 1. The van der Waals surface area contributed by atoms with E-state index in [-0.39, 0.29) is 5.69 Å². The number of nitrogens with zero attached hydrogens (tertiary/aromatic N) is 3. The van der Waals surface area contributed by atoms with Crippen LogP contribution in [0.25, 0.3) is 5.69 Å². The number of ether oxygens (including phenoxy) is 1. The minimum absolute atomic E-state index is 0.183. The summed E-state index contributed by atoms with van der Waals surface area (Å²) >= 11 is 5.97. The number of amides is 1. The van der Waals surface area contributed by atoms with Crippen LogP contribution in [0, 0.1) is 6.92 Å². The topological polar surface area (TPSA) is 81.5 Å². The standard InChI is InChI=1S/C23H20ClN3O4/c1-14-13-20(28)21(25-27(14)16-10-8-15(24)9-11-16)22(29)26-12-4-6-17-18(23(30)31-2)5-3-7-19(17)26/h3,5,7-11,13H,4,6,12H2,1-2H3. The van der Waals surface area contributed by atoms with Crippen molar-refractivity contribution < 1.29 is 14.3 Å². The first kappa shape index (κ1) is 20.8. The Hall–Kier alpha value is -3.45. The first-order valence-electron chi connectivity index (χ1n) is 9.79. The SMILES string of the molecule is COC(=O)c1cccc2c1CCCN2C(=O)c1nn(-c2ccc(Cl)cc2)c(C)cc1=O. The number of hydrogen-bond acceptors (Lipinski definition) is 5. The fourth-order valence-corrected chi connectivity index (χ4v) is 3.93. The normalized spacial score (nSPS) is 12.9. The van der Waals surface area contributed by atoms with Crippen molar-refractivity contribution in [1.82, 2.24) is 9.78 Å². The first-order chi connectivity index (χ1) is 14.9. The van der Waals surface area contributed by atoms with E-state index in [1.54, 1.807) is 54.1 Å². The molecule has 4 rings (SSSR count). The summed E-state index contributed by atoms with van der Waals surface area (Å²) in [5, 5.41) is 4.95. The van der Waals surface area contributed by atoms with Crippen LogP contribution in [-0.4, -0.2) is 35.3 Å². The largest absolute Gasteiger partial charge is 0.465 e. The minimum Gasteiger partial charge on any atom is -0.465 e. The third-order valence-electron chi connectivity index (χ3n) is 5.28. The van der Waals surface area contributed by atoms with Gasteiger partial charge in [0.25, 0.3) is 5.91 Å². The van der Waals surface area contributed by atoms with Gasteiger partial charge in [0.15, 0.2) is 5.69 Å². The molecule has 2 heterocycles. The Bertz CT molecular complexity index is 1230. The van der Waals surface area contributed by atoms with E-state index in [0.29, 0.717) is 47.0 Å². The summed E-state index contributed by atoms with van der Waals surface area (Å²) < 4.78 is 6.41. The second-order valence-electron chi connectivity index (χ2n) is 7.24. The van der Waals surface area contributed by atoms with Crippen LogP contribution in [0.4, 0.5) is 5.69 Å². The van der Waals surface area contributed by atoms with Gasteiger partial charge in [-0.15, -0.1) is 0 Å². The van der Waals surface area contributed by atoms with Gasteiger partial charge in [-0.3, -0.25) is 9.59 Å². The van der Waals surface area contributed by atoms with Crippen molar-refractivity contribution in [3.63, 3.8) is 0 Å². The third-order valence-corrected chi connectivity index (χ3v) is 5.53. The molecule has 0 unspecified atom stereocenters. The molecule has 0 N–H and O–H groups in total. The molecule has 0 spiro atoms. The van der Waals surface area contributed by atoms with Crippen molar-refractivity contribution >= 4 is 29.2 Å². The summed E-state index contributed by atoms with van der Waals surface area (Å²) in [6.45, 7) is 2.17. The van der Waals surface area contributed by atoms with Gasteiger partial charge in [-0.05, 0) is 61.7 Å². The number of aromatic nitrogens is 2. The summed E-state index contributed by atoms with van der Waals surface area (Å²) in [6.07, 6.45) is 1.30. The number of anilines is 1. The van der Waals surface area contributed by atoms with Gasteiger partial charge in [-0.25, -0.2) is 9.48 Å². The molecule has 3 aromatic rings. The number of hydrogen-bond donors (Lipinski definition) is 0. The maximum Gasteiger partial charge on any atom is 0.338 e. The van der Waals surface area contributed by atoms with E-state index in [2.05, 4.69) is 5.10 Å². The van der Waals surface area contributed by atoms with Gasteiger partial charge in [0.05, 0.1) is 18.4 Å². The molecule has 0 aliphatic carbocycles. The van der Waals surface area contributed by atoms with Crippen LogP contribution >= 0.6 is 11.6 Å². The Kier molecular flexibility index (Phi) is 5.61. The maximum atomic E-state index is 13.4. The zero-order chi connectivity index (χ0) is 22.1. The predicted molar refractivity (Wildman–Crippen MR) is 117 cm³/mol. The number of methoxy groups -OCH3 is 1. The van der Waals surface area contributed by atoms with E-state index < -0.39 is 17.3 Å². The highest BCUT2D eigenvalue weighted by molar-refractivity contribution is 6.30. The van der Waals surface area contributed by atoms with Crippen molar-refractivity contribution in [2.24, 2.45) is 0 Å². The summed E-state index contributed by atoms with van der Waals surface area (Å²) in [6, 6.07) is 13.5. The van der Waals surface area contributed by atoms with E-state index in [0.717, 1.165) is 5.56 Å². The number of esters is 1. The van der Waals surface area contributed by atoms with Crippen molar-refractivity contribution in [3.05, 3.63) is 86.3 Å². The molecule has 1 amide bonds. The summed E-state index contributed by atoms with van der Waals surface area (Å²) in [5.74, 6) is -0.958. The van der Waals surface area contributed by atoms with Gasteiger partial charge in [0.2, 0.25) is 5.43 Å². The number of rotatable bonds is 3. The van der Waals surface area contributed by atoms with E-state index in [4.69, 9.17) is 16.3 Å². The summed E-state index contributed by atoms with van der Waals surface area (Å²) in [4.78, 5) is 39.7. The van der Waals surface area contributed by atoms with Crippen molar-refractivity contribution in [1.29, 1.82) is 0 Å². The third kappa shape index (κ3) is 3.84. The van der Waals surface area contributed by atoms with Gasteiger partial charge >= 0.3 is 5.97 Å². The molecule has 0 fully saturated rings. The van der Waals surface area contributed by atoms with Gasteiger partial charge < -0.3 is 9.64 Å². The highest BCUT2D eigenvalue weighted by Crippen LogP contribution is 2.31. The fraction of sp³-hybridized carbons (Fsp3) is 0.217. The predicted octanol–water partition coefficient (Wildman–Crippen LogP) is 3.57. The smallest absolute Gasteiger partial charge is 0.338 e. The Balaban J connectivity index is 1.78. The number of benzene rings is 2. The van der Waals surface area contributed by atoms with Crippen molar-refractivity contribution in [3.8, 4) is 5.69 Å². The fourth-order valence-electron chi connectivity index (χ4n) is 3.80. The van der Waals surface area contributed by atoms with Crippen molar-refractivity contribution in [2.75, 3.05) is 18.6 Å². The lowest BCUT2D eigenvalue weighted by molar-refractivity contribution is 0.0599. The molecule has 0 radical (unpaired) electrons. The number of fused-ring (bicyclic) bond motifs is 1. The second kappa shape index (κ2) is 8.35. The minimum atomic E-state index is -0.504. The molecule has 0 bridgehead atoms. The lowest BCUT2D eigenvalue weighted by Gasteiger charge is -2.30. The molecule has 2 aromatic carbocycles. The van der Waals surface area contributed by atoms with Crippen LogP contribution in [0.3, 0.4) is 0 Å². The summed E-state index contributed by atoms with van der Waals surface area (Å²) in [5.41, 5.74) is 2.39. The number of carbonyl (C=O) groups excluding carboxylic acids is 2. The van der Waals surface area contributed by atoms with Gasteiger partial charge in [0, 0.05) is 29.0 Å². The number of halogens is 1. The van der Waals surface area contributed by atoms with E-state index in [9.17, 15) is 14.4 Å². The highest BCUT2D eigenvalue weighted by Gasteiger charge is 2.29. The molecule has 0 saturated heterocycles. The van der Waals surface area contributed by atoms with Crippen LogP contribution in [0.15, 0.2) is 53.3 Å². The van der Waals surface area contributed by atoms with Crippen molar-refractivity contribution in [2.45, 2.75) is 19.8 Å². The Labute approximate surface area is 183 Å².